The Morgan fingerprint density at radius 1 is 1.58 bits per heavy atom. The highest BCUT2D eigenvalue weighted by Gasteiger charge is 2.29. The molecule has 3 heteroatoms. The zero-order chi connectivity index (χ0) is 8.39. The summed E-state index contributed by atoms with van der Waals surface area (Å²) >= 11 is 0. The van der Waals surface area contributed by atoms with Gasteiger partial charge in [-0.3, -0.25) is 4.79 Å². The SMILES string of the molecule is O=C(Cc1ccncn1)C1CC1. The van der Waals surface area contributed by atoms with Crippen LogP contribution in [0.5, 0.6) is 0 Å². The number of ketones is 1. The summed E-state index contributed by atoms with van der Waals surface area (Å²) in [6, 6.07) is 1.79. The van der Waals surface area contributed by atoms with Gasteiger partial charge in [0.05, 0.1) is 5.69 Å². The second-order valence-corrected chi connectivity index (χ2v) is 3.12. The monoisotopic (exact) mass is 162 g/mol. The molecule has 1 heterocycles. The lowest BCUT2D eigenvalue weighted by Gasteiger charge is -1.96. The molecule has 1 aromatic rings. The summed E-state index contributed by atoms with van der Waals surface area (Å²) in [5.74, 6) is 0.661. The lowest BCUT2D eigenvalue weighted by molar-refractivity contribution is -0.119. The first-order valence-corrected chi connectivity index (χ1v) is 4.14. The van der Waals surface area contributed by atoms with Crippen LogP contribution in [-0.4, -0.2) is 15.8 Å². The quantitative estimate of drug-likeness (QED) is 0.665. The summed E-state index contributed by atoms with van der Waals surface area (Å²) in [5.41, 5.74) is 0.835. The van der Waals surface area contributed by atoms with Crippen LogP contribution in [0, 0.1) is 5.92 Å². The summed E-state index contributed by atoms with van der Waals surface area (Å²) in [7, 11) is 0. The zero-order valence-electron chi connectivity index (χ0n) is 6.73. The number of hydrogen-bond donors (Lipinski definition) is 0. The van der Waals surface area contributed by atoms with Crippen molar-refractivity contribution in [2.24, 2.45) is 5.92 Å². The minimum absolute atomic E-state index is 0.328. The standard InChI is InChI=1S/C9H10N2O/c12-9(7-1-2-7)5-8-3-4-10-6-11-8/h3-4,6-7H,1-2,5H2. The van der Waals surface area contributed by atoms with Crippen LogP contribution in [0.3, 0.4) is 0 Å². The van der Waals surface area contributed by atoms with Crippen LogP contribution in [0.15, 0.2) is 18.6 Å². The Balaban J connectivity index is 1.98. The van der Waals surface area contributed by atoms with Gasteiger partial charge in [-0.25, -0.2) is 9.97 Å². The first-order chi connectivity index (χ1) is 5.86. The second-order valence-electron chi connectivity index (χ2n) is 3.12. The van der Waals surface area contributed by atoms with Gasteiger partial charge in [0, 0.05) is 18.5 Å². The Bertz CT molecular complexity index is 280. The van der Waals surface area contributed by atoms with Crippen molar-refractivity contribution in [1.29, 1.82) is 0 Å². The molecule has 0 saturated heterocycles. The van der Waals surface area contributed by atoms with Crippen LogP contribution in [-0.2, 0) is 11.2 Å². The number of carbonyl (C=O) groups excluding carboxylic acids is 1. The second kappa shape index (κ2) is 3.01. The minimum Gasteiger partial charge on any atom is -0.299 e. The van der Waals surface area contributed by atoms with Crippen molar-refractivity contribution in [2.75, 3.05) is 0 Å². The van der Waals surface area contributed by atoms with Crippen LogP contribution in [0.4, 0.5) is 0 Å². The van der Waals surface area contributed by atoms with E-state index < -0.39 is 0 Å². The van der Waals surface area contributed by atoms with Gasteiger partial charge in [-0.2, -0.15) is 0 Å². The van der Waals surface area contributed by atoms with Crippen molar-refractivity contribution in [3.05, 3.63) is 24.3 Å². The molecular weight excluding hydrogens is 152 g/mol. The molecule has 0 radical (unpaired) electrons. The highest BCUT2D eigenvalue weighted by atomic mass is 16.1. The van der Waals surface area contributed by atoms with E-state index in [0.29, 0.717) is 18.1 Å². The Morgan fingerprint density at radius 2 is 2.42 bits per heavy atom. The molecule has 2 rings (SSSR count). The highest BCUT2D eigenvalue weighted by molar-refractivity contribution is 5.84. The van der Waals surface area contributed by atoms with Crippen molar-refractivity contribution in [1.82, 2.24) is 9.97 Å². The first-order valence-electron chi connectivity index (χ1n) is 4.14. The van der Waals surface area contributed by atoms with E-state index in [0.717, 1.165) is 18.5 Å². The summed E-state index contributed by atoms with van der Waals surface area (Å²) in [5, 5.41) is 0. The van der Waals surface area contributed by atoms with E-state index in [-0.39, 0.29) is 0 Å². The van der Waals surface area contributed by atoms with Crippen molar-refractivity contribution in [2.45, 2.75) is 19.3 Å². The summed E-state index contributed by atoms with van der Waals surface area (Å²) in [6.07, 6.45) is 5.78. The van der Waals surface area contributed by atoms with Gasteiger partial charge in [-0.15, -0.1) is 0 Å². The fourth-order valence-electron chi connectivity index (χ4n) is 1.15. The maximum atomic E-state index is 11.3. The Labute approximate surface area is 70.9 Å². The molecule has 62 valence electrons. The molecule has 1 aliphatic rings. The first kappa shape index (κ1) is 7.40. The fourth-order valence-corrected chi connectivity index (χ4v) is 1.15. The third kappa shape index (κ3) is 1.67. The molecule has 1 aromatic heterocycles. The average Bonchev–Trinajstić information content (AvgIpc) is 2.88. The smallest absolute Gasteiger partial charge is 0.141 e. The van der Waals surface area contributed by atoms with E-state index in [1.165, 1.54) is 6.33 Å². The van der Waals surface area contributed by atoms with Crippen LogP contribution in [0.2, 0.25) is 0 Å². The Hall–Kier alpha value is -1.25. The molecule has 12 heavy (non-hydrogen) atoms. The van der Waals surface area contributed by atoms with E-state index in [1.54, 1.807) is 12.3 Å². The van der Waals surface area contributed by atoms with E-state index in [2.05, 4.69) is 9.97 Å². The predicted octanol–water partition coefficient (Wildman–Crippen LogP) is 0.998. The molecule has 0 bridgehead atoms. The molecule has 0 N–H and O–H groups in total. The lowest BCUT2D eigenvalue weighted by Crippen LogP contribution is -2.05. The van der Waals surface area contributed by atoms with Crippen LogP contribution < -0.4 is 0 Å². The third-order valence-electron chi connectivity index (χ3n) is 2.03. The molecule has 0 unspecified atom stereocenters. The van der Waals surface area contributed by atoms with E-state index in [9.17, 15) is 4.79 Å². The number of aromatic nitrogens is 2. The van der Waals surface area contributed by atoms with Crippen LogP contribution in [0.25, 0.3) is 0 Å². The van der Waals surface area contributed by atoms with Crippen molar-refractivity contribution >= 4 is 5.78 Å². The molecular formula is C9H10N2O. The molecule has 0 aromatic carbocycles. The Kier molecular flexibility index (Phi) is 1.86. The van der Waals surface area contributed by atoms with Gasteiger partial charge >= 0.3 is 0 Å². The summed E-state index contributed by atoms with van der Waals surface area (Å²) < 4.78 is 0. The lowest BCUT2D eigenvalue weighted by atomic mass is 10.1. The van der Waals surface area contributed by atoms with Gasteiger partial charge in [-0.1, -0.05) is 0 Å². The van der Waals surface area contributed by atoms with E-state index in [1.807, 2.05) is 0 Å². The number of carbonyl (C=O) groups is 1. The van der Waals surface area contributed by atoms with Crippen LogP contribution in [0.1, 0.15) is 18.5 Å². The molecule has 0 spiro atoms. The van der Waals surface area contributed by atoms with Gasteiger partial charge < -0.3 is 0 Å². The van der Waals surface area contributed by atoms with Gasteiger partial charge in [0.1, 0.15) is 12.1 Å². The highest BCUT2D eigenvalue weighted by Crippen LogP contribution is 2.30. The normalized spacial score (nSPS) is 16.0. The fraction of sp³-hybridized carbons (Fsp3) is 0.444. The predicted molar refractivity (Wildman–Crippen MR) is 43.5 cm³/mol. The number of rotatable bonds is 3. The molecule has 0 atom stereocenters. The maximum absolute atomic E-state index is 11.3. The van der Waals surface area contributed by atoms with Gasteiger partial charge in [0.15, 0.2) is 0 Å². The largest absolute Gasteiger partial charge is 0.299 e. The molecule has 1 aliphatic carbocycles. The minimum atomic E-state index is 0.328. The van der Waals surface area contributed by atoms with E-state index in [4.69, 9.17) is 0 Å². The third-order valence-corrected chi connectivity index (χ3v) is 2.03. The zero-order valence-corrected chi connectivity index (χ0v) is 6.73. The van der Waals surface area contributed by atoms with Crippen molar-refractivity contribution in [3.8, 4) is 0 Å². The molecule has 3 nitrogen and oxygen atoms in total. The Morgan fingerprint density at radius 3 is 3.00 bits per heavy atom. The summed E-state index contributed by atoms with van der Waals surface area (Å²) in [4.78, 5) is 19.1. The van der Waals surface area contributed by atoms with E-state index >= 15 is 0 Å². The van der Waals surface area contributed by atoms with Crippen molar-refractivity contribution in [3.63, 3.8) is 0 Å². The molecule has 1 saturated carbocycles. The summed E-state index contributed by atoms with van der Waals surface area (Å²) in [6.45, 7) is 0. The molecule has 1 fully saturated rings. The number of nitrogens with zero attached hydrogens (tertiary/aromatic N) is 2. The number of Topliss-reactive ketones (excluding diaryl/α,β-unsaturated/α-hetero) is 1. The van der Waals surface area contributed by atoms with Gasteiger partial charge in [0.2, 0.25) is 0 Å². The van der Waals surface area contributed by atoms with Gasteiger partial charge in [0.25, 0.3) is 0 Å². The maximum Gasteiger partial charge on any atom is 0.141 e. The van der Waals surface area contributed by atoms with Gasteiger partial charge in [-0.05, 0) is 18.9 Å². The topological polar surface area (TPSA) is 42.9 Å². The average molecular weight is 162 g/mol. The molecule has 0 amide bonds. The van der Waals surface area contributed by atoms with Crippen molar-refractivity contribution < 1.29 is 4.79 Å². The number of hydrogen-bond acceptors (Lipinski definition) is 3. The van der Waals surface area contributed by atoms with Crippen LogP contribution >= 0.6 is 0 Å². The molecule has 0 aliphatic heterocycles.